The van der Waals surface area contributed by atoms with Crippen molar-refractivity contribution in [3.8, 4) is 11.5 Å². The van der Waals surface area contributed by atoms with Gasteiger partial charge in [-0.25, -0.2) is 13.1 Å². The average Bonchev–Trinajstić information content (AvgIpc) is 3.26. The van der Waals surface area contributed by atoms with E-state index in [2.05, 4.69) is 14.9 Å². The molecule has 2 aliphatic rings. The molecule has 1 fully saturated rings. The van der Waals surface area contributed by atoms with Crippen LogP contribution in [0.25, 0.3) is 0 Å². The van der Waals surface area contributed by atoms with E-state index in [0.717, 1.165) is 19.3 Å². The van der Waals surface area contributed by atoms with E-state index in [1.807, 2.05) is 6.07 Å². The summed E-state index contributed by atoms with van der Waals surface area (Å²) in [4.78, 5) is 18.5. The van der Waals surface area contributed by atoms with E-state index in [1.165, 1.54) is 24.1 Å². The fourth-order valence-corrected chi connectivity index (χ4v) is 4.95. The van der Waals surface area contributed by atoms with Crippen LogP contribution in [0.15, 0.2) is 51.9 Å². The number of hydrogen-bond acceptors (Lipinski definition) is 8. The summed E-state index contributed by atoms with van der Waals surface area (Å²) in [6.45, 7) is -0.0442. The van der Waals surface area contributed by atoms with Crippen LogP contribution in [0, 0.1) is 0 Å². The van der Waals surface area contributed by atoms with Gasteiger partial charge in [0.1, 0.15) is 11.5 Å². The molecule has 5 rings (SSSR count). The minimum atomic E-state index is -3.88. The van der Waals surface area contributed by atoms with Gasteiger partial charge in [-0.15, -0.1) is 0 Å². The van der Waals surface area contributed by atoms with E-state index in [4.69, 9.17) is 14.0 Å². The lowest BCUT2D eigenvalue weighted by atomic mass is 9.85. The average molecular weight is 485 g/mol. The molecule has 2 heterocycles. The Labute approximate surface area is 196 Å². The normalized spacial score (nSPS) is 16.0. The van der Waals surface area contributed by atoms with E-state index in [1.54, 1.807) is 24.3 Å². The van der Waals surface area contributed by atoms with Gasteiger partial charge in [-0.3, -0.25) is 9.69 Å². The van der Waals surface area contributed by atoms with Crippen molar-refractivity contribution < 1.29 is 27.2 Å². The predicted octanol–water partition coefficient (Wildman–Crippen LogP) is 2.75. The lowest BCUT2D eigenvalue weighted by Crippen LogP contribution is -2.38. The van der Waals surface area contributed by atoms with E-state index in [0.29, 0.717) is 34.5 Å². The van der Waals surface area contributed by atoms with E-state index in [9.17, 15) is 13.2 Å². The molecule has 0 bridgehead atoms. The second-order valence-corrected chi connectivity index (χ2v) is 9.98. The summed E-state index contributed by atoms with van der Waals surface area (Å²) in [5, 5.41) is 4.01. The highest BCUT2D eigenvalue weighted by Crippen LogP contribution is 2.37. The molecule has 3 aromatic rings. The van der Waals surface area contributed by atoms with Gasteiger partial charge in [-0.2, -0.15) is 4.98 Å². The van der Waals surface area contributed by atoms with Crippen molar-refractivity contribution in [1.82, 2.24) is 14.9 Å². The summed E-state index contributed by atoms with van der Waals surface area (Å²) in [6, 6.07) is 11.6. The van der Waals surface area contributed by atoms with Gasteiger partial charge in [0.2, 0.25) is 15.9 Å². The molecular weight excluding hydrogens is 460 g/mol. The van der Waals surface area contributed by atoms with Crippen LogP contribution in [0.2, 0.25) is 0 Å². The second-order valence-electron chi connectivity index (χ2n) is 8.21. The van der Waals surface area contributed by atoms with Gasteiger partial charge in [0.05, 0.1) is 24.2 Å². The topological polar surface area (TPSA) is 124 Å². The lowest BCUT2D eigenvalue weighted by molar-refractivity contribution is -0.121. The van der Waals surface area contributed by atoms with Crippen molar-refractivity contribution in [2.75, 3.05) is 18.6 Å². The van der Waals surface area contributed by atoms with Crippen LogP contribution in [0.5, 0.6) is 11.5 Å². The molecule has 11 heteroatoms. The van der Waals surface area contributed by atoms with Crippen molar-refractivity contribution in [2.24, 2.45) is 0 Å². The Morgan fingerprint density at radius 3 is 2.79 bits per heavy atom. The van der Waals surface area contributed by atoms with Crippen LogP contribution in [0.3, 0.4) is 0 Å². The van der Waals surface area contributed by atoms with Gasteiger partial charge in [0.25, 0.3) is 5.91 Å². The number of amides is 1. The number of carbonyl (C=O) groups excluding carboxylic acids is 1. The van der Waals surface area contributed by atoms with Gasteiger partial charge >= 0.3 is 0 Å². The number of para-hydroxylation sites is 1. The molecule has 10 nitrogen and oxygen atoms in total. The molecule has 34 heavy (non-hydrogen) atoms. The molecule has 0 spiro atoms. The molecule has 0 atom stereocenters. The Balaban J connectivity index is 1.38. The zero-order valence-corrected chi connectivity index (χ0v) is 19.4. The maximum absolute atomic E-state index is 13.0. The number of fused-ring (bicyclic) bond motifs is 1. The maximum Gasteiger partial charge on any atom is 0.265 e. The third-order valence-electron chi connectivity index (χ3n) is 6.07. The number of rotatable bonds is 8. The largest absolute Gasteiger partial charge is 0.496 e. The molecule has 178 valence electrons. The lowest BCUT2D eigenvalue weighted by Gasteiger charge is -2.28. The van der Waals surface area contributed by atoms with Gasteiger partial charge < -0.3 is 14.0 Å². The monoisotopic (exact) mass is 484 g/mol. The zero-order chi connectivity index (χ0) is 23.7. The zero-order valence-electron chi connectivity index (χ0n) is 18.6. The summed E-state index contributed by atoms with van der Waals surface area (Å²) in [5.41, 5.74) is 1.04. The Morgan fingerprint density at radius 1 is 1.21 bits per heavy atom. The number of benzene rings is 2. The van der Waals surface area contributed by atoms with Gasteiger partial charge in [-0.1, -0.05) is 29.8 Å². The number of sulfonamides is 1. The third kappa shape index (κ3) is 4.36. The molecule has 1 N–H and O–H groups in total. The van der Waals surface area contributed by atoms with E-state index in [-0.39, 0.29) is 36.4 Å². The Morgan fingerprint density at radius 2 is 2.03 bits per heavy atom. The molecular formula is C23H24N4O6S. The second kappa shape index (κ2) is 9.07. The van der Waals surface area contributed by atoms with Gasteiger partial charge in [-0.05, 0) is 37.1 Å². The molecule has 1 aliphatic carbocycles. The quantitative estimate of drug-likeness (QED) is 0.518. The van der Waals surface area contributed by atoms with Crippen LogP contribution >= 0.6 is 0 Å². The predicted molar refractivity (Wildman–Crippen MR) is 121 cm³/mol. The highest BCUT2D eigenvalue weighted by Gasteiger charge is 2.30. The molecule has 0 unspecified atom stereocenters. The number of aromatic nitrogens is 2. The molecule has 0 saturated heterocycles. The van der Waals surface area contributed by atoms with Crippen LogP contribution in [0.1, 0.15) is 42.5 Å². The number of methoxy groups -OCH3 is 1. The van der Waals surface area contributed by atoms with E-state index >= 15 is 0 Å². The fraction of sp³-hybridized carbons (Fsp3) is 0.348. The number of hydrogen-bond donors (Lipinski definition) is 1. The van der Waals surface area contributed by atoms with Crippen LogP contribution in [-0.2, 0) is 27.9 Å². The van der Waals surface area contributed by atoms with Crippen molar-refractivity contribution in [1.29, 1.82) is 0 Å². The SMILES string of the molecule is COc1ccccc1CNS(=O)(=O)c1ccc2c(c1)N(Cc1noc(C3CCC3)n1)C(=O)CO2. The third-order valence-corrected chi connectivity index (χ3v) is 7.47. The minimum Gasteiger partial charge on any atom is -0.496 e. The standard InChI is InChI=1S/C23H24N4O6S/c1-31-19-8-3-2-5-16(19)12-24-34(29,30)17-9-10-20-18(11-17)27(22(28)14-32-20)13-21-25-23(33-26-21)15-6-4-7-15/h2-3,5,8-11,15,24H,4,6-7,12-14H2,1H3. The molecule has 1 saturated carbocycles. The first-order valence-corrected chi connectivity index (χ1v) is 12.4. The first kappa shape index (κ1) is 22.4. The van der Waals surface area contributed by atoms with Crippen molar-refractivity contribution in [2.45, 2.75) is 43.2 Å². The Hall–Kier alpha value is -3.44. The fourth-order valence-electron chi connectivity index (χ4n) is 3.92. The minimum absolute atomic E-state index is 0.00715. The summed E-state index contributed by atoms with van der Waals surface area (Å²) in [6.07, 6.45) is 3.17. The Bertz CT molecular complexity index is 1320. The number of nitrogens with zero attached hydrogens (tertiary/aromatic N) is 3. The van der Waals surface area contributed by atoms with Gasteiger partial charge in [0.15, 0.2) is 12.4 Å². The van der Waals surface area contributed by atoms with E-state index < -0.39 is 10.0 Å². The van der Waals surface area contributed by atoms with Crippen molar-refractivity contribution in [3.05, 3.63) is 59.7 Å². The first-order valence-electron chi connectivity index (χ1n) is 11.0. The van der Waals surface area contributed by atoms with Crippen LogP contribution in [-0.4, -0.2) is 38.2 Å². The molecule has 0 radical (unpaired) electrons. The summed E-state index contributed by atoms with van der Waals surface area (Å²) < 4.78 is 44.8. The maximum atomic E-state index is 13.0. The van der Waals surface area contributed by atoms with Gasteiger partial charge in [0, 0.05) is 18.0 Å². The van der Waals surface area contributed by atoms with Crippen LogP contribution in [0.4, 0.5) is 5.69 Å². The van der Waals surface area contributed by atoms with Crippen molar-refractivity contribution >= 4 is 21.6 Å². The Kier molecular flexibility index (Phi) is 5.96. The van der Waals surface area contributed by atoms with Crippen molar-refractivity contribution in [3.63, 3.8) is 0 Å². The number of ether oxygens (including phenoxy) is 2. The summed E-state index contributed by atoms with van der Waals surface area (Å²) in [7, 11) is -2.35. The number of anilines is 1. The molecule has 1 amide bonds. The molecule has 1 aromatic heterocycles. The number of nitrogens with one attached hydrogen (secondary N) is 1. The first-order chi connectivity index (χ1) is 16.4. The smallest absolute Gasteiger partial charge is 0.265 e. The summed E-state index contributed by atoms with van der Waals surface area (Å²) >= 11 is 0. The highest BCUT2D eigenvalue weighted by atomic mass is 32.2. The molecule has 1 aliphatic heterocycles. The molecule has 2 aromatic carbocycles. The summed E-state index contributed by atoms with van der Waals surface area (Å²) in [5.74, 6) is 1.90. The number of carbonyl (C=O) groups is 1. The highest BCUT2D eigenvalue weighted by molar-refractivity contribution is 7.89. The van der Waals surface area contributed by atoms with Crippen LogP contribution < -0.4 is 19.1 Å².